The van der Waals surface area contributed by atoms with Gasteiger partial charge in [-0.1, -0.05) is 19.1 Å². The van der Waals surface area contributed by atoms with Gasteiger partial charge in [-0.2, -0.15) is 0 Å². The maximum Gasteiger partial charge on any atom is 0.317 e. The van der Waals surface area contributed by atoms with E-state index in [0.717, 1.165) is 57.7 Å². The molecule has 1 N–H and O–H groups in total. The quantitative estimate of drug-likeness (QED) is 0.834. The van der Waals surface area contributed by atoms with Crippen LogP contribution in [0.4, 0.5) is 4.79 Å². The fraction of sp³-hybridized carbons (Fsp3) is 0.632. The number of carbonyl (C=O) groups excluding carboxylic acids is 1. The third-order valence-corrected chi connectivity index (χ3v) is 4.72. The van der Waals surface area contributed by atoms with Crippen molar-refractivity contribution in [3.8, 4) is 5.75 Å². The van der Waals surface area contributed by atoms with E-state index in [1.807, 2.05) is 24.0 Å². The van der Waals surface area contributed by atoms with Gasteiger partial charge >= 0.3 is 6.03 Å². The number of hydrogen-bond donors (Lipinski definition) is 1. The lowest BCUT2D eigenvalue weighted by atomic mass is 10.1. The van der Waals surface area contributed by atoms with Gasteiger partial charge in [0, 0.05) is 32.2 Å². The molecule has 1 unspecified atom stereocenters. The fourth-order valence-electron chi connectivity index (χ4n) is 2.91. The Morgan fingerprint density at radius 2 is 2.04 bits per heavy atom. The van der Waals surface area contributed by atoms with Crippen molar-refractivity contribution in [3.63, 3.8) is 0 Å². The molecule has 1 aliphatic heterocycles. The van der Waals surface area contributed by atoms with E-state index in [4.69, 9.17) is 4.74 Å². The van der Waals surface area contributed by atoms with Crippen molar-refractivity contribution < 1.29 is 9.53 Å². The standard InChI is InChI=1S/C19H31N3O2/c1-4-16(2)20-19(23)22-13-11-21(12-14-22)10-6-8-17-7-5-9-18(15-17)24-3/h5,7,9,15-16H,4,6,8,10-14H2,1-3H3,(H,20,23). The van der Waals surface area contributed by atoms with E-state index in [1.165, 1.54) is 5.56 Å². The second-order valence-electron chi connectivity index (χ2n) is 6.54. The van der Waals surface area contributed by atoms with E-state index >= 15 is 0 Å². The highest BCUT2D eigenvalue weighted by Gasteiger charge is 2.21. The Hall–Kier alpha value is -1.75. The summed E-state index contributed by atoms with van der Waals surface area (Å²) in [5.41, 5.74) is 1.32. The summed E-state index contributed by atoms with van der Waals surface area (Å²) in [6.45, 7) is 8.79. The zero-order valence-electron chi connectivity index (χ0n) is 15.3. The fourth-order valence-corrected chi connectivity index (χ4v) is 2.91. The number of amides is 2. The highest BCUT2D eigenvalue weighted by Crippen LogP contribution is 2.14. The molecule has 5 nitrogen and oxygen atoms in total. The molecule has 2 rings (SSSR count). The average molecular weight is 333 g/mol. The van der Waals surface area contributed by atoms with Crippen molar-refractivity contribution in [2.75, 3.05) is 39.8 Å². The zero-order valence-corrected chi connectivity index (χ0v) is 15.3. The van der Waals surface area contributed by atoms with Gasteiger partial charge in [0.2, 0.25) is 0 Å². The first-order valence-electron chi connectivity index (χ1n) is 9.03. The largest absolute Gasteiger partial charge is 0.497 e. The Kier molecular flexibility index (Phi) is 7.37. The van der Waals surface area contributed by atoms with Crippen LogP contribution in [0.2, 0.25) is 0 Å². The lowest BCUT2D eigenvalue weighted by molar-refractivity contribution is 0.136. The Morgan fingerprint density at radius 1 is 1.29 bits per heavy atom. The SMILES string of the molecule is CCC(C)NC(=O)N1CCN(CCCc2cccc(OC)c2)CC1. The summed E-state index contributed by atoms with van der Waals surface area (Å²) in [6.07, 6.45) is 3.16. The maximum absolute atomic E-state index is 12.1. The molecule has 2 amide bonds. The molecule has 0 aromatic heterocycles. The molecule has 1 fully saturated rings. The highest BCUT2D eigenvalue weighted by molar-refractivity contribution is 5.74. The number of piperazine rings is 1. The molecule has 0 bridgehead atoms. The van der Waals surface area contributed by atoms with Crippen molar-refractivity contribution in [3.05, 3.63) is 29.8 Å². The molecular formula is C19H31N3O2. The summed E-state index contributed by atoms with van der Waals surface area (Å²) in [7, 11) is 1.70. The van der Waals surface area contributed by atoms with Crippen molar-refractivity contribution in [2.24, 2.45) is 0 Å². The first-order chi connectivity index (χ1) is 11.6. The molecular weight excluding hydrogens is 302 g/mol. The molecule has 134 valence electrons. The number of nitrogens with one attached hydrogen (secondary N) is 1. The lowest BCUT2D eigenvalue weighted by Crippen LogP contribution is -2.53. The normalized spacial score (nSPS) is 16.7. The molecule has 1 saturated heterocycles. The van der Waals surface area contributed by atoms with Crippen LogP contribution >= 0.6 is 0 Å². The van der Waals surface area contributed by atoms with Crippen molar-refractivity contribution in [1.82, 2.24) is 15.1 Å². The van der Waals surface area contributed by atoms with Gasteiger partial charge in [-0.15, -0.1) is 0 Å². The second kappa shape index (κ2) is 9.52. The predicted octanol–water partition coefficient (Wildman–Crippen LogP) is 2.75. The van der Waals surface area contributed by atoms with E-state index in [0.29, 0.717) is 0 Å². The Morgan fingerprint density at radius 3 is 2.71 bits per heavy atom. The third kappa shape index (κ3) is 5.71. The minimum Gasteiger partial charge on any atom is -0.497 e. The van der Waals surface area contributed by atoms with Crippen molar-refractivity contribution in [1.29, 1.82) is 0 Å². The number of hydrogen-bond acceptors (Lipinski definition) is 3. The lowest BCUT2D eigenvalue weighted by Gasteiger charge is -2.35. The molecule has 0 saturated carbocycles. The molecule has 1 aliphatic rings. The Balaban J connectivity index is 1.67. The van der Waals surface area contributed by atoms with Crippen LogP contribution in [0.3, 0.4) is 0 Å². The maximum atomic E-state index is 12.1. The summed E-state index contributed by atoms with van der Waals surface area (Å²) in [5, 5.41) is 3.05. The number of carbonyl (C=O) groups is 1. The number of rotatable bonds is 7. The van der Waals surface area contributed by atoms with E-state index in [9.17, 15) is 4.79 Å². The number of ether oxygens (including phenoxy) is 1. The number of nitrogens with zero attached hydrogens (tertiary/aromatic N) is 2. The molecule has 24 heavy (non-hydrogen) atoms. The van der Waals surface area contributed by atoms with Gasteiger partial charge < -0.3 is 15.0 Å². The highest BCUT2D eigenvalue weighted by atomic mass is 16.5. The van der Waals surface area contributed by atoms with Gasteiger partial charge in [0.1, 0.15) is 5.75 Å². The molecule has 0 aliphatic carbocycles. The Labute approximate surface area is 146 Å². The van der Waals surface area contributed by atoms with Crippen LogP contribution in [0.25, 0.3) is 0 Å². The van der Waals surface area contributed by atoms with Crippen LogP contribution in [0.15, 0.2) is 24.3 Å². The van der Waals surface area contributed by atoms with Gasteiger partial charge in [0.15, 0.2) is 0 Å². The number of aryl methyl sites for hydroxylation is 1. The third-order valence-electron chi connectivity index (χ3n) is 4.72. The van der Waals surface area contributed by atoms with Gasteiger partial charge in [0.05, 0.1) is 7.11 Å². The van der Waals surface area contributed by atoms with Crippen molar-refractivity contribution >= 4 is 6.03 Å². The van der Waals surface area contributed by atoms with Gasteiger partial charge in [-0.05, 0) is 50.4 Å². The molecule has 5 heteroatoms. The Bertz CT molecular complexity index is 513. The van der Waals surface area contributed by atoms with Crippen LogP contribution in [0.5, 0.6) is 5.75 Å². The molecule has 1 aromatic carbocycles. The monoisotopic (exact) mass is 333 g/mol. The molecule has 1 aromatic rings. The molecule has 1 atom stereocenters. The summed E-state index contributed by atoms with van der Waals surface area (Å²) < 4.78 is 5.27. The first kappa shape index (κ1) is 18.6. The number of methoxy groups -OCH3 is 1. The van der Waals surface area contributed by atoms with Gasteiger partial charge in [-0.25, -0.2) is 4.79 Å². The van der Waals surface area contributed by atoms with Crippen LogP contribution < -0.4 is 10.1 Å². The predicted molar refractivity (Wildman–Crippen MR) is 97.6 cm³/mol. The van der Waals surface area contributed by atoms with E-state index in [-0.39, 0.29) is 12.1 Å². The summed E-state index contributed by atoms with van der Waals surface area (Å²) in [6, 6.07) is 8.62. The smallest absolute Gasteiger partial charge is 0.317 e. The first-order valence-corrected chi connectivity index (χ1v) is 9.03. The summed E-state index contributed by atoms with van der Waals surface area (Å²) >= 11 is 0. The van der Waals surface area contributed by atoms with Crippen LogP contribution in [-0.4, -0.2) is 61.7 Å². The van der Waals surface area contributed by atoms with E-state index in [2.05, 4.69) is 29.3 Å². The summed E-state index contributed by atoms with van der Waals surface area (Å²) in [4.78, 5) is 16.5. The van der Waals surface area contributed by atoms with Gasteiger partial charge in [0.25, 0.3) is 0 Å². The number of benzene rings is 1. The van der Waals surface area contributed by atoms with Crippen LogP contribution in [0, 0.1) is 0 Å². The van der Waals surface area contributed by atoms with Crippen LogP contribution in [0.1, 0.15) is 32.3 Å². The van der Waals surface area contributed by atoms with E-state index in [1.54, 1.807) is 7.11 Å². The second-order valence-corrected chi connectivity index (χ2v) is 6.54. The van der Waals surface area contributed by atoms with E-state index < -0.39 is 0 Å². The minimum absolute atomic E-state index is 0.0837. The zero-order chi connectivity index (χ0) is 17.4. The average Bonchev–Trinajstić information content (AvgIpc) is 2.62. The molecule has 0 spiro atoms. The van der Waals surface area contributed by atoms with Gasteiger partial charge in [-0.3, -0.25) is 4.90 Å². The minimum atomic E-state index is 0.0837. The summed E-state index contributed by atoms with van der Waals surface area (Å²) in [5.74, 6) is 0.924. The topological polar surface area (TPSA) is 44.8 Å². The van der Waals surface area contributed by atoms with Crippen LogP contribution in [-0.2, 0) is 6.42 Å². The molecule has 1 heterocycles. The molecule has 0 radical (unpaired) electrons. The number of urea groups is 1. The van der Waals surface area contributed by atoms with Crippen molar-refractivity contribution in [2.45, 2.75) is 39.2 Å².